The normalized spacial score (nSPS) is 12.1. The first kappa shape index (κ1) is 19.0. The molecule has 6 nitrogen and oxygen atoms in total. The van der Waals surface area contributed by atoms with Crippen LogP contribution < -0.4 is 0 Å². The Bertz CT molecular complexity index is 920. The summed E-state index contributed by atoms with van der Waals surface area (Å²) >= 11 is 1.65. The SMILES string of the molecule is CC(CN(C)C(=O)c1ccc(SCc2cn3ccccc3n2)cc1)C(=O)O. The molecule has 2 aromatic heterocycles. The summed E-state index contributed by atoms with van der Waals surface area (Å²) in [6, 6.07) is 13.3. The number of amides is 1. The molecule has 2 heterocycles. The van der Waals surface area contributed by atoms with Crippen LogP contribution in [-0.4, -0.2) is 44.9 Å². The van der Waals surface area contributed by atoms with E-state index in [1.165, 1.54) is 4.90 Å². The largest absolute Gasteiger partial charge is 0.481 e. The molecule has 0 spiro atoms. The van der Waals surface area contributed by atoms with Gasteiger partial charge in [0.15, 0.2) is 0 Å². The maximum atomic E-state index is 12.4. The highest BCUT2D eigenvalue weighted by Gasteiger charge is 2.18. The maximum Gasteiger partial charge on any atom is 0.308 e. The molecule has 0 saturated heterocycles. The summed E-state index contributed by atoms with van der Waals surface area (Å²) in [5.74, 6) is -0.946. The number of hydrogen-bond acceptors (Lipinski definition) is 4. The fraction of sp³-hybridized carbons (Fsp3) is 0.250. The fourth-order valence-electron chi connectivity index (χ4n) is 2.70. The fourth-order valence-corrected chi connectivity index (χ4v) is 3.48. The lowest BCUT2D eigenvalue weighted by atomic mass is 10.1. The Morgan fingerprint density at radius 1 is 1.22 bits per heavy atom. The number of carbonyl (C=O) groups excluding carboxylic acids is 1. The highest BCUT2D eigenvalue weighted by Crippen LogP contribution is 2.23. The van der Waals surface area contributed by atoms with Crippen LogP contribution in [0.2, 0.25) is 0 Å². The van der Waals surface area contributed by atoms with E-state index in [4.69, 9.17) is 5.11 Å². The third-order valence-electron chi connectivity index (χ3n) is 4.22. The summed E-state index contributed by atoms with van der Waals surface area (Å²) in [4.78, 5) is 30.4. The molecule has 3 rings (SSSR count). The average molecular weight is 383 g/mol. The van der Waals surface area contributed by atoms with Crippen LogP contribution >= 0.6 is 11.8 Å². The summed E-state index contributed by atoms with van der Waals surface area (Å²) in [6.45, 7) is 1.77. The van der Waals surface area contributed by atoms with Gasteiger partial charge < -0.3 is 14.4 Å². The first-order valence-corrected chi connectivity index (χ1v) is 9.56. The summed E-state index contributed by atoms with van der Waals surface area (Å²) in [6.07, 6.45) is 3.98. The number of hydrogen-bond donors (Lipinski definition) is 1. The van der Waals surface area contributed by atoms with Gasteiger partial charge in [-0.25, -0.2) is 4.98 Å². The van der Waals surface area contributed by atoms with Crippen LogP contribution in [0.3, 0.4) is 0 Å². The zero-order chi connectivity index (χ0) is 19.4. The van der Waals surface area contributed by atoms with E-state index in [1.807, 2.05) is 47.1 Å². The Balaban J connectivity index is 1.59. The van der Waals surface area contributed by atoms with E-state index in [0.717, 1.165) is 22.0 Å². The third-order valence-corrected chi connectivity index (χ3v) is 5.26. The van der Waals surface area contributed by atoms with Crippen molar-refractivity contribution in [2.24, 2.45) is 5.92 Å². The quantitative estimate of drug-likeness (QED) is 0.633. The van der Waals surface area contributed by atoms with Gasteiger partial charge >= 0.3 is 5.97 Å². The second-order valence-electron chi connectivity index (χ2n) is 6.44. The van der Waals surface area contributed by atoms with Crippen molar-refractivity contribution >= 4 is 29.3 Å². The van der Waals surface area contributed by atoms with Crippen molar-refractivity contribution in [1.29, 1.82) is 0 Å². The average Bonchev–Trinajstić information content (AvgIpc) is 3.09. The van der Waals surface area contributed by atoms with Crippen LogP contribution in [-0.2, 0) is 10.5 Å². The number of nitrogens with zero attached hydrogens (tertiary/aromatic N) is 3. The Hall–Kier alpha value is -2.80. The minimum absolute atomic E-state index is 0.179. The van der Waals surface area contributed by atoms with E-state index in [0.29, 0.717) is 5.56 Å². The molecule has 0 aliphatic rings. The van der Waals surface area contributed by atoms with Crippen LogP contribution in [0.4, 0.5) is 0 Å². The molecule has 0 bridgehead atoms. The van der Waals surface area contributed by atoms with Crippen molar-refractivity contribution in [3.8, 4) is 0 Å². The van der Waals surface area contributed by atoms with Gasteiger partial charge in [0.1, 0.15) is 5.65 Å². The van der Waals surface area contributed by atoms with Crippen LogP contribution in [0, 0.1) is 5.92 Å². The molecule has 1 aromatic carbocycles. The van der Waals surface area contributed by atoms with Crippen molar-refractivity contribution < 1.29 is 14.7 Å². The Morgan fingerprint density at radius 3 is 2.63 bits per heavy atom. The molecule has 7 heteroatoms. The Kier molecular flexibility index (Phi) is 5.81. The molecule has 1 N–H and O–H groups in total. The van der Waals surface area contributed by atoms with Gasteiger partial charge in [-0.05, 0) is 36.4 Å². The molecular formula is C20H21N3O3S. The Morgan fingerprint density at radius 2 is 1.96 bits per heavy atom. The minimum atomic E-state index is -0.909. The second-order valence-corrected chi connectivity index (χ2v) is 7.49. The van der Waals surface area contributed by atoms with Gasteiger partial charge in [0.2, 0.25) is 0 Å². The molecule has 1 amide bonds. The zero-order valence-electron chi connectivity index (χ0n) is 15.2. The molecule has 27 heavy (non-hydrogen) atoms. The summed E-state index contributed by atoms with van der Waals surface area (Å²) in [7, 11) is 1.62. The molecule has 1 unspecified atom stereocenters. The number of carbonyl (C=O) groups is 2. The molecule has 140 valence electrons. The molecule has 0 saturated carbocycles. The number of pyridine rings is 1. The number of imidazole rings is 1. The first-order chi connectivity index (χ1) is 12.9. The van der Waals surface area contributed by atoms with E-state index in [-0.39, 0.29) is 12.5 Å². The van der Waals surface area contributed by atoms with Crippen LogP contribution in [0.15, 0.2) is 59.8 Å². The molecule has 0 fully saturated rings. The first-order valence-electron chi connectivity index (χ1n) is 8.58. The topological polar surface area (TPSA) is 74.9 Å². The lowest BCUT2D eigenvalue weighted by Gasteiger charge is -2.19. The van der Waals surface area contributed by atoms with Crippen molar-refractivity contribution in [3.63, 3.8) is 0 Å². The molecule has 0 aliphatic heterocycles. The lowest BCUT2D eigenvalue weighted by Crippen LogP contribution is -2.33. The third kappa shape index (κ3) is 4.68. The Labute approximate surface area is 161 Å². The summed E-state index contributed by atoms with van der Waals surface area (Å²) in [5.41, 5.74) is 2.47. The van der Waals surface area contributed by atoms with Gasteiger partial charge in [-0.15, -0.1) is 11.8 Å². The predicted octanol–water partition coefficient (Wildman–Crippen LogP) is 3.42. The molecule has 0 radical (unpaired) electrons. The van der Waals surface area contributed by atoms with Gasteiger partial charge in [0, 0.05) is 42.2 Å². The van der Waals surface area contributed by atoms with Gasteiger partial charge in [-0.3, -0.25) is 9.59 Å². The number of rotatable bonds is 7. The van der Waals surface area contributed by atoms with E-state index < -0.39 is 11.9 Å². The molecule has 1 atom stereocenters. The molecule has 0 aliphatic carbocycles. The van der Waals surface area contributed by atoms with Crippen LogP contribution in [0.1, 0.15) is 23.0 Å². The van der Waals surface area contributed by atoms with Crippen molar-refractivity contribution in [1.82, 2.24) is 14.3 Å². The summed E-state index contributed by atoms with van der Waals surface area (Å²) in [5, 5.41) is 8.97. The predicted molar refractivity (Wildman–Crippen MR) is 105 cm³/mol. The van der Waals surface area contributed by atoms with Gasteiger partial charge in [0.25, 0.3) is 5.91 Å². The van der Waals surface area contributed by atoms with E-state index in [9.17, 15) is 9.59 Å². The van der Waals surface area contributed by atoms with E-state index >= 15 is 0 Å². The minimum Gasteiger partial charge on any atom is -0.481 e. The second kappa shape index (κ2) is 8.26. The zero-order valence-corrected chi connectivity index (χ0v) is 16.0. The van der Waals surface area contributed by atoms with Crippen molar-refractivity contribution in [2.45, 2.75) is 17.6 Å². The number of carboxylic acid groups (broad SMARTS) is 1. The van der Waals surface area contributed by atoms with Gasteiger partial charge in [-0.2, -0.15) is 0 Å². The molecule has 3 aromatic rings. The smallest absolute Gasteiger partial charge is 0.308 e. The highest BCUT2D eigenvalue weighted by atomic mass is 32.2. The molecular weight excluding hydrogens is 362 g/mol. The van der Waals surface area contributed by atoms with Crippen LogP contribution in [0.25, 0.3) is 5.65 Å². The van der Waals surface area contributed by atoms with Crippen LogP contribution in [0.5, 0.6) is 0 Å². The maximum absolute atomic E-state index is 12.4. The number of aliphatic carboxylic acids is 1. The number of thioether (sulfide) groups is 1. The number of carboxylic acids is 1. The summed E-state index contributed by atoms with van der Waals surface area (Å²) < 4.78 is 1.99. The monoisotopic (exact) mass is 383 g/mol. The highest BCUT2D eigenvalue weighted by molar-refractivity contribution is 7.98. The van der Waals surface area contributed by atoms with Gasteiger partial charge in [0.05, 0.1) is 11.6 Å². The lowest BCUT2D eigenvalue weighted by molar-refractivity contribution is -0.141. The van der Waals surface area contributed by atoms with Gasteiger partial charge in [-0.1, -0.05) is 13.0 Å². The number of fused-ring (bicyclic) bond motifs is 1. The standard InChI is InChI=1S/C20H21N3O3S/c1-14(20(25)26)11-22(2)19(24)15-6-8-17(9-7-15)27-13-16-12-23-10-4-3-5-18(23)21-16/h3-10,12,14H,11,13H2,1-2H3,(H,25,26). The van der Waals surface area contributed by atoms with Crippen molar-refractivity contribution in [2.75, 3.05) is 13.6 Å². The number of aromatic nitrogens is 2. The number of benzene rings is 1. The van der Waals surface area contributed by atoms with E-state index in [1.54, 1.807) is 37.9 Å². The van der Waals surface area contributed by atoms with E-state index in [2.05, 4.69) is 4.98 Å². The van der Waals surface area contributed by atoms with Crippen molar-refractivity contribution in [3.05, 3.63) is 66.1 Å².